The summed E-state index contributed by atoms with van der Waals surface area (Å²) in [4.78, 5) is 13.1. The fourth-order valence-electron chi connectivity index (χ4n) is 4.31. The van der Waals surface area contributed by atoms with Gasteiger partial charge in [0, 0.05) is 18.4 Å². The SMILES string of the molecule is CC1CC(C)CC(NC(=O)C2(n3cccn3)CCNCC2)C1. The highest BCUT2D eigenvalue weighted by atomic mass is 16.2. The Morgan fingerprint density at radius 2 is 1.91 bits per heavy atom. The molecule has 0 spiro atoms. The molecule has 5 heteroatoms. The summed E-state index contributed by atoms with van der Waals surface area (Å²) in [7, 11) is 0. The van der Waals surface area contributed by atoms with Crippen molar-refractivity contribution in [3.63, 3.8) is 0 Å². The van der Waals surface area contributed by atoms with Gasteiger partial charge in [0.2, 0.25) is 5.91 Å². The number of nitrogens with zero attached hydrogens (tertiary/aromatic N) is 2. The fraction of sp³-hybridized carbons (Fsp3) is 0.765. The zero-order chi connectivity index (χ0) is 15.6. The quantitative estimate of drug-likeness (QED) is 0.897. The topological polar surface area (TPSA) is 59.0 Å². The predicted molar refractivity (Wildman–Crippen MR) is 86.4 cm³/mol. The molecular weight excluding hydrogens is 276 g/mol. The van der Waals surface area contributed by atoms with E-state index in [9.17, 15) is 4.79 Å². The number of piperidine rings is 1. The second-order valence-corrected chi connectivity index (χ2v) is 7.32. The van der Waals surface area contributed by atoms with Gasteiger partial charge in [-0.2, -0.15) is 5.10 Å². The molecule has 2 aliphatic rings. The summed E-state index contributed by atoms with van der Waals surface area (Å²) in [6.45, 7) is 6.32. The summed E-state index contributed by atoms with van der Waals surface area (Å²) >= 11 is 0. The van der Waals surface area contributed by atoms with Crippen LogP contribution in [0.1, 0.15) is 46.0 Å². The molecule has 0 bridgehead atoms. The molecular formula is C17H28N4O. The van der Waals surface area contributed by atoms with E-state index in [4.69, 9.17) is 0 Å². The summed E-state index contributed by atoms with van der Waals surface area (Å²) in [5.41, 5.74) is -0.515. The lowest BCUT2D eigenvalue weighted by molar-refractivity contribution is -0.133. The minimum Gasteiger partial charge on any atom is -0.351 e. The molecule has 2 unspecified atom stereocenters. The molecule has 5 nitrogen and oxygen atoms in total. The number of rotatable bonds is 3. The molecule has 122 valence electrons. The average molecular weight is 304 g/mol. The van der Waals surface area contributed by atoms with E-state index in [1.807, 2.05) is 16.9 Å². The van der Waals surface area contributed by atoms with Gasteiger partial charge < -0.3 is 10.6 Å². The Hall–Kier alpha value is -1.36. The zero-order valence-electron chi connectivity index (χ0n) is 13.7. The summed E-state index contributed by atoms with van der Waals surface area (Å²) < 4.78 is 1.87. The van der Waals surface area contributed by atoms with Crippen LogP contribution >= 0.6 is 0 Å². The van der Waals surface area contributed by atoms with Gasteiger partial charge in [-0.1, -0.05) is 13.8 Å². The Morgan fingerprint density at radius 3 is 2.50 bits per heavy atom. The van der Waals surface area contributed by atoms with E-state index >= 15 is 0 Å². The smallest absolute Gasteiger partial charge is 0.248 e. The highest BCUT2D eigenvalue weighted by Gasteiger charge is 2.43. The first-order valence-electron chi connectivity index (χ1n) is 8.62. The van der Waals surface area contributed by atoms with Crippen LogP contribution in [-0.4, -0.2) is 34.8 Å². The molecule has 1 aromatic rings. The van der Waals surface area contributed by atoms with E-state index in [1.54, 1.807) is 6.20 Å². The predicted octanol–water partition coefficient (Wildman–Crippen LogP) is 1.90. The van der Waals surface area contributed by atoms with Gasteiger partial charge in [0.25, 0.3) is 0 Å². The molecule has 3 rings (SSSR count). The van der Waals surface area contributed by atoms with Crippen LogP contribution in [0.3, 0.4) is 0 Å². The number of aromatic nitrogens is 2. The summed E-state index contributed by atoms with van der Waals surface area (Å²) in [6, 6.07) is 2.22. The van der Waals surface area contributed by atoms with Crippen LogP contribution in [0.15, 0.2) is 18.5 Å². The maximum absolute atomic E-state index is 13.1. The maximum Gasteiger partial charge on any atom is 0.248 e. The van der Waals surface area contributed by atoms with Crippen LogP contribution in [0.25, 0.3) is 0 Å². The number of carbonyl (C=O) groups is 1. The highest BCUT2D eigenvalue weighted by Crippen LogP contribution is 2.31. The fourth-order valence-corrected chi connectivity index (χ4v) is 4.31. The Morgan fingerprint density at radius 1 is 1.23 bits per heavy atom. The second-order valence-electron chi connectivity index (χ2n) is 7.32. The monoisotopic (exact) mass is 304 g/mol. The molecule has 1 aromatic heterocycles. The van der Waals surface area contributed by atoms with E-state index in [0.717, 1.165) is 38.8 Å². The van der Waals surface area contributed by atoms with Crippen LogP contribution in [0.5, 0.6) is 0 Å². The molecule has 1 aliphatic heterocycles. The normalized spacial score (nSPS) is 31.6. The summed E-state index contributed by atoms with van der Waals surface area (Å²) in [5, 5.41) is 11.1. The third-order valence-electron chi connectivity index (χ3n) is 5.31. The van der Waals surface area contributed by atoms with Gasteiger partial charge in [-0.15, -0.1) is 0 Å². The van der Waals surface area contributed by atoms with Gasteiger partial charge >= 0.3 is 0 Å². The molecule has 1 saturated carbocycles. The molecule has 2 N–H and O–H groups in total. The van der Waals surface area contributed by atoms with Crippen LogP contribution in [0.2, 0.25) is 0 Å². The molecule has 2 atom stereocenters. The molecule has 2 heterocycles. The Bertz CT molecular complexity index is 483. The van der Waals surface area contributed by atoms with Crippen molar-refractivity contribution in [3.8, 4) is 0 Å². The minimum absolute atomic E-state index is 0.156. The van der Waals surface area contributed by atoms with E-state index in [2.05, 4.69) is 29.6 Å². The molecule has 1 amide bonds. The standard InChI is InChI=1S/C17H28N4O/c1-13-10-14(2)12-15(11-13)20-16(22)17(4-7-18-8-5-17)21-9-3-6-19-21/h3,6,9,13-15,18H,4-5,7-8,10-12H2,1-2H3,(H,20,22). The second kappa shape index (κ2) is 6.41. The van der Waals surface area contributed by atoms with Crippen LogP contribution in [-0.2, 0) is 10.3 Å². The van der Waals surface area contributed by atoms with Gasteiger partial charge in [-0.3, -0.25) is 9.48 Å². The van der Waals surface area contributed by atoms with Crippen molar-refractivity contribution in [2.45, 2.75) is 57.5 Å². The average Bonchev–Trinajstić information content (AvgIpc) is 3.01. The van der Waals surface area contributed by atoms with Crippen molar-refractivity contribution in [1.29, 1.82) is 0 Å². The lowest BCUT2D eigenvalue weighted by Crippen LogP contribution is -2.57. The van der Waals surface area contributed by atoms with E-state index in [-0.39, 0.29) is 5.91 Å². The first-order chi connectivity index (χ1) is 10.6. The van der Waals surface area contributed by atoms with Gasteiger partial charge in [0.15, 0.2) is 0 Å². The van der Waals surface area contributed by atoms with Crippen molar-refractivity contribution in [1.82, 2.24) is 20.4 Å². The largest absolute Gasteiger partial charge is 0.351 e. The Kier molecular flexibility index (Phi) is 4.52. The highest BCUT2D eigenvalue weighted by molar-refractivity contribution is 5.84. The molecule has 1 aliphatic carbocycles. The minimum atomic E-state index is -0.515. The van der Waals surface area contributed by atoms with Crippen molar-refractivity contribution in [3.05, 3.63) is 18.5 Å². The van der Waals surface area contributed by atoms with Crippen LogP contribution in [0.4, 0.5) is 0 Å². The van der Waals surface area contributed by atoms with E-state index in [0.29, 0.717) is 17.9 Å². The molecule has 0 radical (unpaired) electrons. The van der Waals surface area contributed by atoms with Crippen LogP contribution in [0, 0.1) is 11.8 Å². The Balaban J connectivity index is 1.75. The third kappa shape index (κ3) is 3.05. The first-order valence-corrected chi connectivity index (χ1v) is 8.62. The van der Waals surface area contributed by atoms with Crippen molar-refractivity contribution in [2.75, 3.05) is 13.1 Å². The first kappa shape index (κ1) is 15.5. The number of hydrogen-bond donors (Lipinski definition) is 2. The molecule has 2 fully saturated rings. The maximum atomic E-state index is 13.1. The summed E-state index contributed by atoms with van der Waals surface area (Å²) in [6.07, 6.45) is 8.78. The number of hydrogen-bond acceptors (Lipinski definition) is 3. The molecule has 1 saturated heterocycles. The zero-order valence-corrected chi connectivity index (χ0v) is 13.7. The summed E-state index contributed by atoms with van der Waals surface area (Å²) in [5.74, 6) is 1.55. The Labute approximate surface area is 132 Å². The lowest BCUT2D eigenvalue weighted by Gasteiger charge is -2.39. The lowest BCUT2D eigenvalue weighted by atomic mass is 9.79. The molecule has 0 aromatic carbocycles. The number of amides is 1. The van der Waals surface area contributed by atoms with E-state index < -0.39 is 5.54 Å². The number of nitrogens with one attached hydrogen (secondary N) is 2. The van der Waals surface area contributed by atoms with Gasteiger partial charge in [0.05, 0.1) is 0 Å². The van der Waals surface area contributed by atoms with Crippen molar-refractivity contribution < 1.29 is 4.79 Å². The van der Waals surface area contributed by atoms with Crippen molar-refractivity contribution >= 4 is 5.91 Å². The van der Waals surface area contributed by atoms with Gasteiger partial charge in [-0.25, -0.2) is 0 Å². The van der Waals surface area contributed by atoms with E-state index in [1.165, 1.54) is 6.42 Å². The third-order valence-corrected chi connectivity index (χ3v) is 5.31. The molecule has 22 heavy (non-hydrogen) atoms. The van der Waals surface area contributed by atoms with Gasteiger partial charge in [0.1, 0.15) is 5.54 Å². The van der Waals surface area contributed by atoms with Crippen LogP contribution < -0.4 is 10.6 Å². The van der Waals surface area contributed by atoms with Crippen molar-refractivity contribution in [2.24, 2.45) is 11.8 Å². The number of carbonyl (C=O) groups excluding carboxylic acids is 1. The van der Waals surface area contributed by atoms with Gasteiger partial charge in [-0.05, 0) is 63.1 Å².